The molecule has 8 N–H and O–H groups in total. The number of carbonyl (C=O) groups is 4. The van der Waals surface area contributed by atoms with Gasteiger partial charge < -0.3 is 36.8 Å². The Kier molecular flexibility index (Phi) is 13.2. The van der Waals surface area contributed by atoms with Crippen molar-refractivity contribution in [2.24, 2.45) is 0 Å². The van der Waals surface area contributed by atoms with Gasteiger partial charge in [0.25, 0.3) is 0 Å². The maximum absolute atomic E-state index is 11.4. The second kappa shape index (κ2) is 15.6. The summed E-state index contributed by atoms with van der Waals surface area (Å²) in [5.74, 6) is -4.21. The third-order valence-corrected chi connectivity index (χ3v) is 4.81. The number of hydrogen-bond acceptors (Lipinski definition) is 9. The van der Waals surface area contributed by atoms with E-state index in [2.05, 4.69) is 10.6 Å². The second-order valence-electron chi connectivity index (χ2n) is 7.79. The maximum Gasteiger partial charge on any atom is 0.317 e. The molecular formula is C21H33N5O8. The van der Waals surface area contributed by atoms with Crippen molar-refractivity contribution in [1.82, 2.24) is 20.4 Å². The zero-order valence-corrected chi connectivity index (χ0v) is 18.9. The number of nitrogen functional groups attached to an aromatic ring is 1. The molecule has 1 aromatic rings. The first-order valence-corrected chi connectivity index (χ1v) is 10.7. The molecule has 1 unspecified atom stereocenters. The average Bonchev–Trinajstić information content (AvgIpc) is 2.73. The highest BCUT2D eigenvalue weighted by atomic mass is 16.4. The van der Waals surface area contributed by atoms with Crippen molar-refractivity contribution in [2.75, 3.05) is 64.6 Å². The molecule has 0 aliphatic rings. The summed E-state index contributed by atoms with van der Waals surface area (Å²) in [7, 11) is 0. The Hall–Kier alpha value is -3.26. The zero-order valence-electron chi connectivity index (χ0n) is 18.9. The fraction of sp³-hybridized carbons (Fsp3) is 0.524. The lowest BCUT2D eigenvalue weighted by molar-refractivity contribution is -0.140. The van der Waals surface area contributed by atoms with Crippen LogP contribution >= 0.6 is 0 Å². The first-order chi connectivity index (χ1) is 16.0. The van der Waals surface area contributed by atoms with Crippen LogP contribution in [0.1, 0.15) is 5.56 Å². The van der Waals surface area contributed by atoms with Crippen LogP contribution in [0.5, 0.6) is 0 Å². The molecule has 0 aliphatic carbocycles. The van der Waals surface area contributed by atoms with Crippen molar-refractivity contribution in [3.63, 3.8) is 0 Å². The van der Waals surface area contributed by atoms with Crippen LogP contribution in [0.2, 0.25) is 0 Å². The number of carboxylic acids is 4. The average molecular weight is 484 g/mol. The third-order valence-electron chi connectivity index (χ3n) is 4.81. The van der Waals surface area contributed by atoms with Crippen LogP contribution in [0.25, 0.3) is 0 Å². The Balaban J connectivity index is 2.82. The van der Waals surface area contributed by atoms with E-state index in [1.807, 2.05) is 12.1 Å². The number of aliphatic carboxylic acids is 4. The lowest BCUT2D eigenvalue weighted by Crippen LogP contribution is -2.48. The molecule has 0 saturated carbocycles. The molecule has 0 spiro atoms. The summed E-state index contributed by atoms with van der Waals surface area (Å²) in [6, 6.07) is 6.68. The molecule has 190 valence electrons. The summed E-state index contributed by atoms with van der Waals surface area (Å²) < 4.78 is 0. The number of carboxylic acid groups (broad SMARTS) is 4. The van der Waals surface area contributed by atoms with Gasteiger partial charge in [0, 0.05) is 44.5 Å². The van der Waals surface area contributed by atoms with E-state index in [0.717, 1.165) is 5.56 Å². The van der Waals surface area contributed by atoms with E-state index in [0.29, 0.717) is 12.1 Å². The van der Waals surface area contributed by atoms with Gasteiger partial charge in [-0.3, -0.25) is 29.0 Å². The van der Waals surface area contributed by atoms with E-state index in [9.17, 15) is 24.3 Å². The molecular weight excluding hydrogens is 450 g/mol. The summed E-state index contributed by atoms with van der Waals surface area (Å²) in [5, 5.41) is 41.8. The smallest absolute Gasteiger partial charge is 0.317 e. The molecule has 0 bridgehead atoms. The van der Waals surface area contributed by atoms with Crippen molar-refractivity contribution in [3.05, 3.63) is 29.8 Å². The largest absolute Gasteiger partial charge is 0.480 e. The fourth-order valence-electron chi connectivity index (χ4n) is 3.29. The molecule has 0 fully saturated rings. The Morgan fingerprint density at radius 3 is 1.91 bits per heavy atom. The Morgan fingerprint density at radius 1 is 0.794 bits per heavy atom. The van der Waals surface area contributed by atoms with Crippen molar-refractivity contribution in [2.45, 2.75) is 12.5 Å². The lowest BCUT2D eigenvalue weighted by Gasteiger charge is -2.29. The topological polar surface area (TPSA) is 206 Å². The van der Waals surface area contributed by atoms with E-state index >= 15 is 0 Å². The molecule has 0 amide bonds. The number of rotatable bonds is 19. The van der Waals surface area contributed by atoms with Crippen LogP contribution in [0.3, 0.4) is 0 Å². The molecule has 1 aromatic carbocycles. The zero-order chi connectivity index (χ0) is 25.5. The SMILES string of the molecule is Nc1ccc(CC(CN(CCN(CCNCC(=O)O)CC(=O)O)CC(=O)O)NCC(=O)O)cc1. The summed E-state index contributed by atoms with van der Waals surface area (Å²) in [4.78, 5) is 47.4. The van der Waals surface area contributed by atoms with Crippen LogP contribution in [-0.4, -0.2) is 119 Å². The Morgan fingerprint density at radius 2 is 1.35 bits per heavy atom. The quantitative estimate of drug-likeness (QED) is 0.0866. The standard InChI is InChI=1S/C21H33N5O8/c22-16-3-1-15(2-4-16)9-17(24-11-19(29)30)12-26(14-21(33)34)8-7-25(13-20(31)32)6-5-23-10-18(27)28/h1-4,17,23-24H,5-14,22H2,(H,27,28)(H,29,30)(H,31,32)(H,33,34). The van der Waals surface area contributed by atoms with Gasteiger partial charge in [-0.2, -0.15) is 0 Å². The number of benzene rings is 1. The van der Waals surface area contributed by atoms with E-state index in [1.165, 1.54) is 0 Å². The predicted octanol–water partition coefficient (Wildman–Crippen LogP) is -1.70. The Bertz CT molecular complexity index is 805. The van der Waals surface area contributed by atoms with Gasteiger partial charge in [0.2, 0.25) is 0 Å². The summed E-state index contributed by atoms with van der Waals surface area (Å²) in [6.07, 6.45) is 0.432. The van der Waals surface area contributed by atoms with Crippen molar-refractivity contribution < 1.29 is 39.6 Å². The van der Waals surface area contributed by atoms with Gasteiger partial charge >= 0.3 is 23.9 Å². The van der Waals surface area contributed by atoms with Gasteiger partial charge in [0.1, 0.15) is 0 Å². The molecule has 0 heterocycles. The maximum atomic E-state index is 11.4. The molecule has 1 rings (SSSR count). The second-order valence-corrected chi connectivity index (χ2v) is 7.79. The van der Waals surface area contributed by atoms with Crippen LogP contribution in [-0.2, 0) is 25.6 Å². The predicted molar refractivity (Wildman–Crippen MR) is 123 cm³/mol. The highest BCUT2D eigenvalue weighted by Crippen LogP contribution is 2.09. The van der Waals surface area contributed by atoms with Gasteiger partial charge in [-0.15, -0.1) is 0 Å². The number of hydrogen-bond donors (Lipinski definition) is 7. The molecule has 34 heavy (non-hydrogen) atoms. The first kappa shape index (κ1) is 28.8. The summed E-state index contributed by atoms with van der Waals surface area (Å²) in [5.41, 5.74) is 7.18. The van der Waals surface area contributed by atoms with Crippen molar-refractivity contribution in [3.8, 4) is 0 Å². The number of anilines is 1. The fourth-order valence-corrected chi connectivity index (χ4v) is 3.29. The van der Waals surface area contributed by atoms with Gasteiger partial charge in [-0.25, -0.2) is 0 Å². The molecule has 0 aromatic heterocycles. The summed E-state index contributed by atoms with van der Waals surface area (Å²) >= 11 is 0. The van der Waals surface area contributed by atoms with Crippen LogP contribution in [0, 0.1) is 0 Å². The number of nitrogens with zero attached hydrogens (tertiary/aromatic N) is 2. The normalized spacial score (nSPS) is 12.1. The molecule has 13 nitrogen and oxygen atoms in total. The monoisotopic (exact) mass is 483 g/mol. The van der Waals surface area contributed by atoms with Gasteiger partial charge in [0.05, 0.1) is 26.2 Å². The van der Waals surface area contributed by atoms with Crippen LogP contribution in [0.15, 0.2) is 24.3 Å². The highest BCUT2D eigenvalue weighted by molar-refractivity contribution is 5.70. The van der Waals surface area contributed by atoms with Gasteiger partial charge in [-0.05, 0) is 24.1 Å². The minimum absolute atomic E-state index is 0.210. The van der Waals surface area contributed by atoms with E-state index in [4.69, 9.17) is 21.1 Å². The van der Waals surface area contributed by atoms with Gasteiger partial charge in [-0.1, -0.05) is 12.1 Å². The molecule has 13 heteroatoms. The van der Waals surface area contributed by atoms with Crippen molar-refractivity contribution in [1.29, 1.82) is 0 Å². The van der Waals surface area contributed by atoms with E-state index in [1.54, 1.807) is 21.9 Å². The molecule has 0 aliphatic heterocycles. The van der Waals surface area contributed by atoms with Crippen LogP contribution < -0.4 is 16.4 Å². The number of nitrogens with one attached hydrogen (secondary N) is 2. The first-order valence-electron chi connectivity index (χ1n) is 10.7. The van der Waals surface area contributed by atoms with Gasteiger partial charge in [0.15, 0.2) is 0 Å². The minimum atomic E-state index is -1.07. The van der Waals surface area contributed by atoms with E-state index < -0.39 is 23.9 Å². The van der Waals surface area contributed by atoms with E-state index in [-0.39, 0.29) is 64.9 Å². The lowest BCUT2D eigenvalue weighted by atomic mass is 10.0. The summed E-state index contributed by atoms with van der Waals surface area (Å²) in [6.45, 7) is -0.0114. The third kappa shape index (κ3) is 14.0. The number of nitrogens with two attached hydrogens (primary N) is 1. The van der Waals surface area contributed by atoms with Crippen molar-refractivity contribution >= 4 is 29.6 Å². The van der Waals surface area contributed by atoms with Crippen LogP contribution in [0.4, 0.5) is 5.69 Å². The molecule has 0 radical (unpaired) electrons. The molecule has 1 atom stereocenters. The Labute approximate surface area is 197 Å². The molecule has 0 saturated heterocycles. The highest BCUT2D eigenvalue weighted by Gasteiger charge is 2.19. The minimum Gasteiger partial charge on any atom is -0.480 e.